The van der Waals surface area contributed by atoms with Crippen molar-refractivity contribution in [2.45, 2.75) is 77.6 Å². The average Bonchev–Trinajstić information content (AvgIpc) is 2.55. The Hall–Kier alpha value is -1.31. The smallest absolute Gasteiger partial charge is 0.227 e. The molecule has 0 heterocycles. The van der Waals surface area contributed by atoms with Crippen LogP contribution in [-0.2, 0) is 4.79 Å². The topological polar surface area (TPSA) is 29.1 Å². The number of hydrogen-bond donors (Lipinski definition) is 1. The zero-order chi connectivity index (χ0) is 16.0. The Balaban J connectivity index is 2.12. The molecule has 2 nitrogen and oxygen atoms in total. The van der Waals surface area contributed by atoms with Gasteiger partial charge >= 0.3 is 0 Å². The summed E-state index contributed by atoms with van der Waals surface area (Å²) in [4.78, 5) is 12.3. The molecule has 1 aromatic rings. The molecule has 0 radical (unpaired) electrons. The van der Waals surface area contributed by atoms with Crippen LogP contribution in [0.15, 0.2) is 30.3 Å². The van der Waals surface area contributed by atoms with Crippen molar-refractivity contribution >= 4 is 5.91 Å². The average molecular weight is 303 g/mol. The quantitative estimate of drug-likeness (QED) is 0.512. The van der Waals surface area contributed by atoms with Gasteiger partial charge in [-0.25, -0.2) is 0 Å². The van der Waals surface area contributed by atoms with Crippen LogP contribution >= 0.6 is 0 Å². The summed E-state index contributed by atoms with van der Waals surface area (Å²) >= 11 is 0. The number of carbonyl (C=O) groups is 1. The van der Waals surface area contributed by atoms with Gasteiger partial charge in [0.1, 0.15) is 0 Å². The summed E-state index contributed by atoms with van der Waals surface area (Å²) in [6.45, 7) is 5.15. The van der Waals surface area contributed by atoms with Gasteiger partial charge in [-0.2, -0.15) is 0 Å². The molecule has 0 fully saturated rings. The van der Waals surface area contributed by atoms with Crippen LogP contribution in [0.3, 0.4) is 0 Å². The highest BCUT2D eigenvalue weighted by atomic mass is 16.1. The zero-order valence-corrected chi connectivity index (χ0v) is 14.4. The Kier molecular flexibility index (Phi) is 10.4. The lowest BCUT2D eigenvalue weighted by Gasteiger charge is -2.15. The molecule has 0 bridgehead atoms. The molecular weight excluding hydrogens is 270 g/mol. The van der Waals surface area contributed by atoms with Gasteiger partial charge in [0.25, 0.3) is 0 Å². The van der Waals surface area contributed by atoms with Crippen molar-refractivity contribution in [1.29, 1.82) is 0 Å². The van der Waals surface area contributed by atoms with Crippen LogP contribution < -0.4 is 5.32 Å². The van der Waals surface area contributed by atoms with Gasteiger partial charge in [0, 0.05) is 6.54 Å². The second-order valence-electron chi connectivity index (χ2n) is 6.14. The molecule has 1 aromatic carbocycles. The van der Waals surface area contributed by atoms with Crippen LogP contribution in [0.5, 0.6) is 0 Å². The molecule has 2 heteroatoms. The second kappa shape index (κ2) is 12.3. The summed E-state index contributed by atoms with van der Waals surface area (Å²) in [5, 5.41) is 3.10. The highest BCUT2D eigenvalue weighted by molar-refractivity contribution is 5.83. The third-order valence-electron chi connectivity index (χ3n) is 4.26. The molecule has 0 aliphatic carbocycles. The van der Waals surface area contributed by atoms with Crippen molar-refractivity contribution < 1.29 is 4.79 Å². The van der Waals surface area contributed by atoms with Gasteiger partial charge in [-0.1, -0.05) is 89.1 Å². The predicted octanol–water partition coefficient (Wildman–Crippen LogP) is 5.44. The van der Waals surface area contributed by atoms with E-state index in [9.17, 15) is 4.79 Å². The number of amides is 1. The maximum absolute atomic E-state index is 12.3. The molecule has 1 N–H and O–H groups in total. The van der Waals surface area contributed by atoms with Crippen LogP contribution in [0, 0.1) is 0 Å². The molecule has 1 atom stereocenters. The normalized spacial score (nSPS) is 12.1. The van der Waals surface area contributed by atoms with Crippen molar-refractivity contribution in [2.24, 2.45) is 0 Å². The van der Waals surface area contributed by atoms with Crippen LogP contribution in [-0.4, -0.2) is 12.5 Å². The number of unbranched alkanes of at least 4 members (excludes halogenated alkanes) is 7. The maximum Gasteiger partial charge on any atom is 0.227 e. The van der Waals surface area contributed by atoms with E-state index in [0.717, 1.165) is 24.9 Å². The van der Waals surface area contributed by atoms with Crippen LogP contribution in [0.4, 0.5) is 0 Å². The van der Waals surface area contributed by atoms with Crippen LogP contribution in [0.1, 0.15) is 83.1 Å². The Bertz CT molecular complexity index is 388. The largest absolute Gasteiger partial charge is 0.356 e. The first kappa shape index (κ1) is 18.7. The Labute approximate surface area is 136 Å². The van der Waals surface area contributed by atoms with Gasteiger partial charge in [-0.15, -0.1) is 0 Å². The number of rotatable bonds is 12. The molecular formula is C20H33NO. The lowest BCUT2D eigenvalue weighted by Crippen LogP contribution is -2.29. The third-order valence-corrected chi connectivity index (χ3v) is 4.26. The maximum atomic E-state index is 12.3. The molecule has 0 saturated heterocycles. The van der Waals surface area contributed by atoms with Crippen molar-refractivity contribution in [1.82, 2.24) is 5.32 Å². The molecule has 0 aliphatic heterocycles. The summed E-state index contributed by atoms with van der Waals surface area (Å²) in [7, 11) is 0. The first-order valence-corrected chi connectivity index (χ1v) is 9.12. The van der Waals surface area contributed by atoms with Crippen LogP contribution in [0.25, 0.3) is 0 Å². The van der Waals surface area contributed by atoms with Gasteiger partial charge in [0.05, 0.1) is 5.92 Å². The third kappa shape index (κ3) is 7.63. The van der Waals surface area contributed by atoms with E-state index in [4.69, 9.17) is 0 Å². The van der Waals surface area contributed by atoms with Crippen LogP contribution in [0.2, 0.25) is 0 Å². The standard InChI is InChI=1S/C20H33NO/c1-3-5-6-7-8-9-10-14-17-21-20(22)19(4-2)18-15-12-11-13-16-18/h11-13,15-16,19H,3-10,14,17H2,1-2H3,(H,21,22)/t19-/m1/s1. The number of benzene rings is 1. The van der Waals surface area contributed by atoms with E-state index in [1.54, 1.807) is 0 Å². The van der Waals surface area contributed by atoms with E-state index >= 15 is 0 Å². The van der Waals surface area contributed by atoms with Crippen molar-refractivity contribution in [3.63, 3.8) is 0 Å². The Morgan fingerprint density at radius 1 is 0.909 bits per heavy atom. The molecule has 22 heavy (non-hydrogen) atoms. The lowest BCUT2D eigenvalue weighted by atomic mass is 9.95. The molecule has 0 saturated carbocycles. The molecule has 124 valence electrons. The van der Waals surface area contributed by atoms with E-state index in [1.807, 2.05) is 30.3 Å². The minimum absolute atomic E-state index is 0.00440. The Morgan fingerprint density at radius 3 is 2.09 bits per heavy atom. The predicted molar refractivity (Wildman–Crippen MR) is 95.1 cm³/mol. The molecule has 0 unspecified atom stereocenters. The van der Waals surface area contributed by atoms with E-state index in [-0.39, 0.29) is 11.8 Å². The van der Waals surface area contributed by atoms with E-state index < -0.39 is 0 Å². The molecule has 0 spiro atoms. The number of nitrogens with one attached hydrogen (secondary N) is 1. The van der Waals surface area contributed by atoms with E-state index in [2.05, 4.69) is 19.2 Å². The van der Waals surface area contributed by atoms with Gasteiger partial charge < -0.3 is 5.32 Å². The summed E-state index contributed by atoms with van der Waals surface area (Å²) in [5.41, 5.74) is 1.12. The highest BCUT2D eigenvalue weighted by Crippen LogP contribution is 2.19. The molecule has 0 aliphatic rings. The summed E-state index contributed by atoms with van der Waals surface area (Å²) in [5.74, 6) is 0.173. The van der Waals surface area contributed by atoms with Gasteiger partial charge in [0.2, 0.25) is 5.91 Å². The summed E-state index contributed by atoms with van der Waals surface area (Å²) < 4.78 is 0. The minimum Gasteiger partial charge on any atom is -0.356 e. The summed E-state index contributed by atoms with van der Waals surface area (Å²) in [6, 6.07) is 10.1. The lowest BCUT2D eigenvalue weighted by molar-refractivity contribution is -0.122. The number of carbonyl (C=O) groups excluding carboxylic acids is 1. The van der Waals surface area contributed by atoms with Crippen molar-refractivity contribution in [2.75, 3.05) is 6.54 Å². The van der Waals surface area contributed by atoms with Crippen molar-refractivity contribution in [3.05, 3.63) is 35.9 Å². The van der Waals surface area contributed by atoms with Crippen molar-refractivity contribution in [3.8, 4) is 0 Å². The van der Waals surface area contributed by atoms with E-state index in [0.29, 0.717) is 0 Å². The number of hydrogen-bond acceptors (Lipinski definition) is 1. The van der Waals surface area contributed by atoms with E-state index in [1.165, 1.54) is 44.9 Å². The zero-order valence-electron chi connectivity index (χ0n) is 14.4. The summed E-state index contributed by atoms with van der Waals surface area (Å²) in [6.07, 6.45) is 11.3. The molecule has 0 aromatic heterocycles. The first-order valence-electron chi connectivity index (χ1n) is 9.12. The first-order chi connectivity index (χ1) is 10.8. The van der Waals surface area contributed by atoms with Gasteiger partial charge in [0.15, 0.2) is 0 Å². The highest BCUT2D eigenvalue weighted by Gasteiger charge is 2.17. The Morgan fingerprint density at radius 2 is 1.50 bits per heavy atom. The van der Waals surface area contributed by atoms with Gasteiger partial charge in [-0.05, 0) is 18.4 Å². The molecule has 1 rings (SSSR count). The monoisotopic (exact) mass is 303 g/mol. The second-order valence-corrected chi connectivity index (χ2v) is 6.14. The SMILES string of the molecule is CCCCCCCCCCNC(=O)[C@H](CC)c1ccccc1. The fraction of sp³-hybridized carbons (Fsp3) is 0.650. The fourth-order valence-corrected chi connectivity index (χ4v) is 2.85. The van der Waals surface area contributed by atoms with Gasteiger partial charge in [-0.3, -0.25) is 4.79 Å². The fourth-order valence-electron chi connectivity index (χ4n) is 2.85. The molecule has 1 amide bonds. The minimum atomic E-state index is -0.00440.